The van der Waals surface area contributed by atoms with Gasteiger partial charge < -0.3 is 25.7 Å². The van der Waals surface area contributed by atoms with E-state index < -0.39 is 11.7 Å². The van der Waals surface area contributed by atoms with Gasteiger partial charge in [-0.1, -0.05) is 11.3 Å². The Hall–Kier alpha value is -2.72. The summed E-state index contributed by atoms with van der Waals surface area (Å²) in [5.41, 5.74) is 7.30. The van der Waals surface area contributed by atoms with Crippen molar-refractivity contribution in [1.82, 2.24) is 19.7 Å². The molecule has 32 heavy (non-hydrogen) atoms. The molecule has 4 heterocycles. The molecular formula is C22H30FN7OS. The SMILES string of the molecule is Cc1cn2cc(NC(=O)c3sc(N(C)C4CC(C)(C)NC(C)(C)C4)nc3N)cc(F)c2n1. The number of fused-ring (bicyclic) bond motifs is 1. The largest absolute Gasteiger partial charge is 0.382 e. The average Bonchev–Trinajstić information content (AvgIpc) is 3.21. The zero-order valence-corrected chi connectivity index (χ0v) is 20.1. The molecule has 8 nitrogen and oxygen atoms in total. The molecule has 0 atom stereocenters. The normalized spacial score (nSPS) is 18.1. The van der Waals surface area contributed by atoms with Crippen molar-refractivity contribution in [2.75, 3.05) is 23.0 Å². The minimum absolute atomic E-state index is 0.0158. The van der Waals surface area contributed by atoms with Crippen LogP contribution < -0.4 is 21.3 Å². The van der Waals surface area contributed by atoms with Crippen molar-refractivity contribution in [1.29, 1.82) is 0 Å². The number of aryl methyl sites for hydroxylation is 1. The highest BCUT2D eigenvalue weighted by atomic mass is 32.1. The summed E-state index contributed by atoms with van der Waals surface area (Å²) in [6.07, 6.45) is 5.21. The number of nitrogen functional groups attached to an aromatic ring is 1. The number of rotatable bonds is 4. The van der Waals surface area contributed by atoms with Crippen molar-refractivity contribution in [3.05, 3.63) is 34.8 Å². The highest BCUT2D eigenvalue weighted by molar-refractivity contribution is 7.18. The Morgan fingerprint density at radius 2 is 1.94 bits per heavy atom. The van der Waals surface area contributed by atoms with Gasteiger partial charge in [-0.25, -0.2) is 14.4 Å². The summed E-state index contributed by atoms with van der Waals surface area (Å²) in [6, 6.07) is 1.51. The fourth-order valence-electron chi connectivity index (χ4n) is 4.77. The van der Waals surface area contributed by atoms with E-state index in [1.54, 1.807) is 23.7 Å². The molecule has 3 aromatic rings. The Kier molecular flexibility index (Phi) is 5.41. The number of hydrogen-bond donors (Lipinski definition) is 3. The molecule has 0 spiro atoms. The van der Waals surface area contributed by atoms with Crippen LogP contribution in [0.15, 0.2) is 18.5 Å². The van der Waals surface area contributed by atoms with Crippen LogP contribution in [-0.2, 0) is 0 Å². The number of amides is 1. The number of nitrogens with zero attached hydrogens (tertiary/aromatic N) is 4. The summed E-state index contributed by atoms with van der Waals surface area (Å²) in [6.45, 7) is 10.6. The second kappa shape index (κ2) is 7.70. The number of halogens is 1. The molecule has 4 rings (SSSR count). The van der Waals surface area contributed by atoms with E-state index in [0.29, 0.717) is 21.4 Å². The summed E-state index contributed by atoms with van der Waals surface area (Å²) in [5, 5.41) is 7.11. The molecule has 3 aromatic heterocycles. The molecule has 10 heteroatoms. The molecule has 1 aliphatic rings. The number of nitrogens with two attached hydrogens (primary N) is 1. The first-order valence-electron chi connectivity index (χ1n) is 10.6. The maximum absolute atomic E-state index is 14.4. The molecule has 0 unspecified atom stereocenters. The number of pyridine rings is 1. The van der Waals surface area contributed by atoms with Gasteiger partial charge in [0, 0.05) is 42.6 Å². The molecule has 1 amide bonds. The Balaban J connectivity index is 1.55. The highest BCUT2D eigenvalue weighted by Crippen LogP contribution is 2.36. The van der Waals surface area contributed by atoms with Gasteiger partial charge in [-0.2, -0.15) is 0 Å². The third-order valence-electron chi connectivity index (χ3n) is 5.75. The van der Waals surface area contributed by atoms with Crippen molar-refractivity contribution >= 4 is 39.5 Å². The number of imidazole rings is 1. The quantitative estimate of drug-likeness (QED) is 0.548. The van der Waals surface area contributed by atoms with E-state index in [2.05, 4.69) is 53.2 Å². The molecule has 0 aromatic carbocycles. The predicted octanol–water partition coefficient (Wildman–Crippen LogP) is 3.82. The topological polar surface area (TPSA) is 101 Å². The molecule has 1 fully saturated rings. The van der Waals surface area contributed by atoms with Gasteiger partial charge in [0.2, 0.25) is 0 Å². The van der Waals surface area contributed by atoms with Crippen LogP contribution in [0.1, 0.15) is 55.9 Å². The van der Waals surface area contributed by atoms with Gasteiger partial charge in [-0.05, 0) is 47.5 Å². The summed E-state index contributed by atoms with van der Waals surface area (Å²) >= 11 is 1.25. The summed E-state index contributed by atoms with van der Waals surface area (Å²) in [5.74, 6) is -0.757. The second-order valence-corrected chi connectivity index (χ2v) is 10.9. The van der Waals surface area contributed by atoms with E-state index in [9.17, 15) is 9.18 Å². The number of aromatic nitrogens is 3. The average molecular weight is 460 g/mol. The lowest BCUT2D eigenvalue weighted by molar-refractivity contribution is 0.103. The third kappa shape index (κ3) is 4.42. The lowest BCUT2D eigenvalue weighted by Crippen LogP contribution is -2.61. The van der Waals surface area contributed by atoms with Gasteiger partial charge in [-0.3, -0.25) is 4.79 Å². The number of anilines is 3. The van der Waals surface area contributed by atoms with Crippen LogP contribution in [0.25, 0.3) is 5.65 Å². The molecule has 172 valence electrons. The Morgan fingerprint density at radius 1 is 1.28 bits per heavy atom. The van der Waals surface area contributed by atoms with Crippen LogP contribution in [0.2, 0.25) is 0 Å². The van der Waals surface area contributed by atoms with Gasteiger partial charge in [0.1, 0.15) is 10.7 Å². The second-order valence-electron chi connectivity index (χ2n) is 9.92. The maximum atomic E-state index is 14.4. The summed E-state index contributed by atoms with van der Waals surface area (Å²) in [7, 11) is 1.99. The first-order valence-corrected chi connectivity index (χ1v) is 11.4. The number of hydrogen-bond acceptors (Lipinski definition) is 7. The van der Waals surface area contributed by atoms with E-state index in [4.69, 9.17) is 5.73 Å². The monoisotopic (exact) mass is 459 g/mol. The number of nitrogens with one attached hydrogen (secondary N) is 2. The van der Waals surface area contributed by atoms with Crippen molar-refractivity contribution in [3.8, 4) is 0 Å². The van der Waals surface area contributed by atoms with Crippen molar-refractivity contribution in [3.63, 3.8) is 0 Å². The first-order chi connectivity index (χ1) is 14.8. The van der Waals surface area contributed by atoms with Gasteiger partial charge in [0.05, 0.1) is 11.4 Å². The van der Waals surface area contributed by atoms with Crippen LogP contribution in [0, 0.1) is 12.7 Å². The van der Waals surface area contributed by atoms with Crippen molar-refractivity contribution in [2.45, 2.75) is 64.6 Å². The highest BCUT2D eigenvalue weighted by Gasteiger charge is 2.40. The van der Waals surface area contributed by atoms with Crippen LogP contribution in [0.4, 0.5) is 21.0 Å². The van der Waals surface area contributed by atoms with E-state index in [1.165, 1.54) is 17.4 Å². The zero-order chi connectivity index (χ0) is 23.4. The van der Waals surface area contributed by atoms with Gasteiger partial charge in [0.25, 0.3) is 5.91 Å². The number of thiazole rings is 1. The molecule has 0 radical (unpaired) electrons. The molecule has 4 N–H and O–H groups in total. The molecule has 0 bridgehead atoms. The molecular weight excluding hydrogens is 429 g/mol. The molecule has 1 aliphatic heterocycles. The van der Waals surface area contributed by atoms with Gasteiger partial charge in [-0.15, -0.1) is 0 Å². The lowest BCUT2D eigenvalue weighted by Gasteiger charge is -2.48. The van der Waals surface area contributed by atoms with E-state index >= 15 is 0 Å². The predicted molar refractivity (Wildman–Crippen MR) is 127 cm³/mol. The smallest absolute Gasteiger partial charge is 0.269 e. The van der Waals surface area contributed by atoms with Crippen molar-refractivity contribution in [2.24, 2.45) is 0 Å². The molecule has 0 aliphatic carbocycles. The molecule has 1 saturated heterocycles. The fraction of sp³-hybridized carbons (Fsp3) is 0.500. The third-order valence-corrected chi connectivity index (χ3v) is 6.91. The van der Waals surface area contributed by atoms with Crippen LogP contribution in [-0.4, -0.2) is 44.4 Å². The van der Waals surface area contributed by atoms with Gasteiger partial charge >= 0.3 is 0 Å². The number of carbonyl (C=O) groups excluding carboxylic acids is 1. The first kappa shape index (κ1) is 22.5. The van der Waals surface area contributed by atoms with E-state index in [-0.39, 0.29) is 28.6 Å². The minimum Gasteiger partial charge on any atom is -0.382 e. The van der Waals surface area contributed by atoms with Crippen molar-refractivity contribution < 1.29 is 9.18 Å². The summed E-state index contributed by atoms with van der Waals surface area (Å²) < 4.78 is 15.9. The van der Waals surface area contributed by atoms with E-state index in [1.807, 2.05) is 7.05 Å². The molecule has 0 saturated carbocycles. The fourth-order valence-corrected chi connectivity index (χ4v) is 5.68. The van der Waals surface area contributed by atoms with Crippen LogP contribution >= 0.6 is 11.3 Å². The zero-order valence-electron chi connectivity index (χ0n) is 19.3. The van der Waals surface area contributed by atoms with Gasteiger partial charge in [0.15, 0.2) is 16.6 Å². The Morgan fingerprint density at radius 3 is 2.59 bits per heavy atom. The Bertz CT molecular complexity index is 1170. The standard InChI is InChI=1S/C22H30FN7OS/c1-12-10-30-11-13(7-15(23)18(30)25-12)26-19(31)16-17(24)27-20(32-16)29(6)14-8-21(2,3)28-22(4,5)9-14/h7,10-11,14,28H,8-9,24H2,1-6H3,(H,26,31). The summed E-state index contributed by atoms with van der Waals surface area (Å²) in [4.78, 5) is 23.9. The lowest BCUT2D eigenvalue weighted by atomic mass is 9.79. The van der Waals surface area contributed by atoms with E-state index in [0.717, 1.165) is 12.8 Å². The van der Waals surface area contributed by atoms with Crippen LogP contribution in [0.3, 0.4) is 0 Å². The number of carbonyl (C=O) groups is 1. The Labute approximate surface area is 191 Å². The minimum atomic E-state index is -0.510. The van der Waals surface area contributed by atoms with Crippen LogP contribution in [0.5, 0.6) is 0 Å². The maximum Gasteiger partial charge on any atom is 0.269 e. The number of piperidine rings is 1.